The molecular weight excluding hydrogens is 432 g/mol. The van der Waals surface area contributed by atoms with Crippen LogP contribution in [0.25, 0.3) is 22.3 Å². The SMILES string of the molecule is O=C(COc1c(-c2ccc(Cl)cc2)oc2ccccc2c1=O)c1ccc2c(c1)OCCO2. The number of para-hydroxylation sites is 1. The van der Waals surface area contributed by atoms with Crippen LogP contribution in [0.4, 0.5) is 0 Å². The van der Waals surface area contributed by atoms with Crippen LogP contribution in [0.5, 0.6) is 17.2 Å². The first-order valence-corrected chi connectivity index (χ1v) is 10.4. The number of hydrogen-bond acceptors (Lipinski definition) is 6. The molecule has 0 N–H and O–H groups in total. The number of Topliss-reactive ketones (excluding diaryl/α,β-unsaturated/α-hetero) is 1. The standard InChI is InChI=1S/C25H17ClO6/c26-17-8-5-15(6-9-17)24-25(23(28)18-3-1-2-4-20(18)32-24)31-14-19(27)16-7-10-21-22(13-16)30-12-11-29-21/h1-10,13H,11-12,14H2. The van der Waals surface area contributed by atoms with E-state index in [0.717, 1.165) is 0 Å². The van der Waals surface area contributed by atoms with E-state index in [9.17, 15) is 9.59 Å². The molecule has 0 radical (unpaired) electrons. The minimum Gasteiger partial charge on any atom is -0.486 e. The predicted octanol–water partition coefficient (Wildman–Crippen LogP) is 5.15. The van der Waals surface area contributed by atoms with Crippen LogP contribution in [-0.2, 0) is 0 Å². The highest BCUT2D eigenvalue weighted by Crippen LogP contribution is 2.33. The summed E-state index contributed by atoms with van der Waals surface area (Å²) in [6.45, 7) is 0.543. The molecule has 0 unspecified atom stereocenters. The highest BCUT2D eigenvalue weighted by Gasteiger charge is 2.20. The lowest BCUT2D eigenvalue weighted by molar-refractivity contribution is 0.0919. The third-order valence-corrected chi connectivity index (χ3v) is 5.33. The Morgan fingerprint density at radius 1 is 0.938 bits per heavy atom. The number of benzene rings is 3. The second kappa shape index (κ2) is 8.40. The molecule has 1 aromatic heterocycles. The molecule has 2 heterocycles. The molecule has 6 nitrogen and oxygen atoms in total. The quantitative estimate of drug-likeness (QED) is 0.393. The van der Waals surface area contributed by atoms with Crippen molar-refractivity contribution in [3.8, 4) is 28.6 Å². The lowest BCUT2D eigenvalue weighted by Crippen LogP contribution is -2.18. The summed E-state index contributed by atoms with van der Waals surface area (Å²) >= 11 is 6.00. The molecule has 1 aliphatic heterocycles. The van der Waals surface area contributed by atoms with E-state index in [-0.39, 0.29) is 29.3 Å². The molecular formula is C25H17ClO6. The number of rotatable bonds is 5. The zero-order valence-electron chi connectivity index (χ0n) is 16.8. The molecule has 1 aliphatic rings. The first kappa shape index (κ1) is 20.2. The van der Waals surface area contributed by atoms with Gasteiger partial charge in [0.15, 0.2) is 29.6 Å². The normalized spacial score (nSPS) is 12.5. The topological polar surface area (TPSA) is 75.0 Å². The number of halogens is 1. The lowest BCUT2D eigenvalue weighted by atomic mass is 10.1. The number of fused-ring (bicyclic) bond motifs is 2. The van der Waals surface area contributed by atoms with Gasteiger partial charge >= 0.3 is 0 Å². The third-order valence-electron chi connectivity index (χ3n) is 5.07. The smallest absolute Gasteiger partial charge is 0.235 e. The Morgan fingerprint density at radius 3 is 2.50 bits per heavy atom. The fourth-order valence-electron chi connectivity index (χ4n) is 3.49. The molecule has 0 spiro atoms. The van der Waals surface area contributed by atoms with E-state index in [1.54, 1.807) is 66.7 Å². The molecule has 3 aromatic carbocycles. The fraction of sp³-hybridized carbons (Fsp3) is 0.120. The molecule has 5 rings (SSSR count). The van der Waals surface area contributed by atoms with Crippen LogP contribution in [0.3, 0.4) is 0 Å². The van der Waals surface area contributed by atoms with Gasteiger partial charge in [0.2, 0.25) is 11.2 Å². The van der Waals surface area contributed by atoms with Gasteiger partial charge in [-0.3, -0.25) is 9.59 Å². The lowest BCUT2D eigenvalue weighted by Gasteiger charge is -2.18. The van der Waals surface area contributed by atoms with E-state index >= 15 is 0 Å². The molecule has 0 amide bonds. The van der Waals surface area contributed by atoms with E-state index in [2.05, 4.69) is 0 Å². The van der Waals surface area contributed by atoms with Gasteiger partial charge in [0.25, 0.3) is 0 Å². The Labute approximate surface area is 187 Å². The summed E-state index contributed by atoms with van der Waals surface area (Å²) in [4.78, 5) is 26.0. The summed E-state index contributed by atoms with van der Waals surface area (Å²) in [5.74, 6) is 0.997. The number of ketones is 1. The number of carbonyl (C=O) groups is 1. The summed E-state index contributed by atoms with van der Waals surface area (Å²) in [5.41, 5.74) is 1.08. The summed E-state index contributed by atoms with van der Waals surface area (Å²) < 4.78 is 22.8. The number of hydrogen-bond donors (Lipinski definition) is 0. The third kappa shape index (κ3) is 3.81. The summed E-state index contributed by atoms with van der Waals surface area (Å²) in [7, 11) is 0. The monoisotopic (exact) mass is 448 g/mol. The van der Waals surface area contributed by atoms with Gasteiger partial charge in [-0.25, -0.2) is 0 Å². The van der Waals surface area contributed by atoms with Gasteiger partial charge in [0, 0.05) is 16.1 Å². The van der Waals surface area contributed by atoms with E-state index in [4.69, 9.17) is 30.2 Å². The molecule has 0 aliphatic carbocycles. The van der Waals surface area contributed by atoms with Crippen molar-refractivity contribution in [1.29, 1.82) is 0 Å². The van der Waals surface area contributed by atoms with E-state index < -0.39 is 0 Å². The molecule has 32 heavy (non-hydrogen) atoms. The Morgan fingerprint density at radius 2 is 1.69 bits per heavy atom. The van der Waals surface area contributed by atoms with Gasteiger partial charge in [-0.2, -0.15) is 0 Å². The van der Waals surface area contributed by atoms with Crippen molar-refractivity contribution in [3.05, 3.63) is 87.5 Å². The Hall–Kier alpha value is -3.77. The first-order chi connectivity index (χ1) is 15.6. The van der Waals surface area contributed by atoms with E-state index in [0.29, 0.717) is 51.8 Å². The average Bonchev–Trinajstić information content (AvgIpc) is 2.83. The molecule has 160 valence electrons. The van der Waals surface area contributed by atoms with Gasteiger partial charge in [0.1, 0.15) is 18.8 Å². The largest absolute Gasteiger partial charge is 0.486 e. The average molecular weight is 449 g/mol. The van der Waals surface area contributed by atoms with Gasteiger partial charge in [-0.05, 0) is 54.6 Å². The summed E-state index contributed by atoms with van der Waals surface area (Å²) in [6.07, 6.45) is 0. The van der Waals surface area contributed by atoms with Crippen molar-refractivity contribution in [3.63, 3.8) is 0 Å². The summed E-state index contributed by atoms with van der Waals surface area (Å²) in [5, 5.41) is 0.917. The number of ether oxygens (including phenoxy) is 3. The van der Waals surface area contributed by atoms with Crippen molar-refractivity contribution >= 4 is 28.4 Å². The Bertz CT molecular complexity index is 1370. The Kier molecular flexibility index (Phi) is 5.29. The van der Waals surface area contributed by atoms with Crippen molar-refractivity contribution in [1.82, 2.24) is 0 Å². The van der Waals surface area contributed by atoms with Crippen molar-refractivity contribution in [2.24, 2.45) is 0 Å². The van der Waals surface area contributed by atoms with Gasteiger partial charge in [-0.15, -0.1) is 0 Å². The highest BCUT2D eigenvalue weighted by molar-refractivity contribution is 6.30. The fourth-order valence-corrected chi connectivity index (χ4v) is 3.61. The summed E-state index contributed by atoms with van der Waals surface area (Å²) in [6, 6.07) is 18.7. The first-order valence-electron chi connectivity index (χ1n) is 9.97. The molecule has 4 aromatic rings. The second-order valence-corrected chi connectivity index (χ2v) is 7.60. The van der Waals surface area contributed by atoms with E-state index in [1.165, 1.54) is 0 Å². The minimum atomic E-state index is -0.355. The maximum Gasteiger partial charge on any atom is 0.235 e. The highest BCUT2D eigenvalue weighted by atomic mass is 35.5. The van der Waals surface area contributed by atoms with E-state index in [1.807, 2.05) is 0 Å². The van der Waals surface area contributed by atoms with Gasteiger partial charge in [0.05, 0.1) is 5.39 Å². The van der Waals surface area contributed by atoms with Gasteiger partial charge < -0.3 is 18.6 Å². The van der Waals surface area contributed by atoms with Crippen LogP contribution in [0, 0.1) is 0 Å². The van der Waals surface area contributed by atoms with Crippen molar-refractivity contribution in [2.75, 3.05) is 19.8 Å². The molecule has 7 heteroatoms. The van der Waals surface area contributed by atoms with Crippen LogP contribution in [0.2, 0.25) is 5.02 Å². The molecule has 0 atom stereocenters. The molecule has 0 saturated heterocycles. The van der Waals surface area contributed by atoms with Crippen LogP contribution in [-0.4, -0.2) is 25.6 Å². The minimum absolute atomic E-state index is 0.0306. The van der Waals surface area contributed by atoms with Crippen LogP contribution >= 0.6 is 11.6 Å². The number of carbonyl (C=O) groups excluding carboxylic acids is 1. The molecule has 0 bridgehead atoms. The molecule has 0 fully saturated rings. The van der Waals surface area contributed by atoms with Gasteiger partial charge in [-0.1, -0.05) is 23.7 Å². The zero-order valence-corrected chi connectivity index (χ0v) is 17.6. The second-order valence-electron chi connectivity index (χ2n) is 7.16. The molecule has 0 saturated carbocycles. The van der Waals surface area contributed by atoms with Crippen molar-refractivity contribution < 1.29 is 23.4 Å². The Balaban J connectivity index is 1.50. The van der Waals surface area contributed by atoms with Crippen molar-refractivity contribution in [2.45, 2.75) is 0 Å². The maximum atomic E-state index is 13.2. The predicted molar refractivity (Wildman–Crippen MR) is 120 cm³/mol. The zero-order chi connectivity index (χ0) is 22.1. The van der Waals surface area contributed by atoms with Crippen LogP contribution in [0.15, 0.2) is 75.9 Å². The van der Waals surface area contributed by atoms with Crippen LogP contribution < -0.4 is 19.6 Å². The van der Waals surface area contributed by atoms with Crippen LogP contribution in [0.1, 0.15) is 10.4 Å². The maximum absolute atomic E-state index is 13.2.